The fourth-order valence-corrected chi connectivity index (χ4v) is 3.91. The van der Waals surface area contributed by atoms with Crippen LogP contribution in [-0.2, 0) is 0 Å². The van der Waals surface area contributed by atoms with Gasteiger partial charge in [0.1, 0.15) is 12.0 Å². The molecule has 0 aliphatic carbocycles. The van der Waals surface area contributed by atoms with Crippen molar-refractivity contribution in [1.29, 1.82) is 0 Å². The van der Waals surface area contributed by atoms with Crippen molar-refractivity contribution < 1.29 is 0 Å². The number of dihydropyridines is 1. The normalized spacial score (nSPS) is 25.0. The van der Waals surface area contributed by atoms with Crippen molar-refractivity contribution in [2.75, 3.05) is 24.5 Å². The van der Waals surface area contributed by atoms with Crippen LogP contribution in [-0.4, -0.2) is 43.0 Å². The molecule has 1 unspecified atom stereocenters. The van der Waals surface area contributed by atoms with Gasteiger partial charge in [-0.2, -0.15) is 0 Å². The van der Waals surface area contributed by atoms with E-state index in [1.54, 1.807) is 0 Å². The monoisotopic (exact) mass is 352 g/mol. The van der Waals surface area contributed by atoms with Crippen molar-refractivity contribution in [3.05, 3.63) is 41.1 Å². The third-order valence-electron chi connectivity index (χ3n) is 5.06. The second-order valence-electron chi connectivity index (χ2n) is 7.77. The van der Waals surface area contributed by atoms with Gasteiger partial charge in [-0.3, -0.25) is 4.99 Å². The number of piperazine rings is 1. The van der Waals surface area contributed by atoms with Gasteiger partial charge < -0.3 is 15.6 Å². The first-order valence-electron chi connectivity index (χ1n) is 9.53. The highest BCUT2D eigenvalue weighted by Gasteiger charge is 2.26. The lowest BCUT2D eigenvalue weighted by Crippen LogP contribution is -2.51. The van der Waals surface area contributed by atoms with Gasteiger partial charge in [-0.15, -0.1) is 0 Å². The number of nitrogens with zero attached hydrogens (tertiary/aromatic N) is 3. The van der Waals surface area contributed by atoms with Gasteiger partial charge in [0.15, 0.2) is 0 Å². The van der Waals surface area contributed by atoms with E-state index in [-0.39, 0.29) is 6.17 Å². The Labute approximate surface area is 155 Å². The second kappa shape index (κ2) is 7.21. The maximum absolute atomic E-state index is 5.00. The summed E-state index contributed by atoms with van der Waals surface area (Å²) < 4.78 is 0. The first-order chi connectivity index (χ1) is 12.6. The molecule has 0 amide bonds. The molecular weight excluding hydrogens is 324 g/mol. The van der Waals surface area contributed by atoms with Gasteiger partial charge >= 0.3 is 0 Å². The number of fused-ring (bicyclic) bond motifs is 1. The Morgan fingerprint density at radius 3 is 3.04 bits per heavy atom. The lowest BCUT2D eigenvalue weighted by atomic mass is 10.0. The molecule has 3 aliphatic heterocycles. The summed E-state index contributed by atoms with van der Waals surface area (Å²) in [6.07, 6.45) is 7.09. The van der Waals surface area contributed by atoms with Crippen LogP contribution in [0.25, 0.3) is 5.70 Å². The van der Waals surface area contributed by atoms with Crippen LogP contribution >= 0.6 is 0 Å². The number of aliphatic imine (C=N–C) groups is 1. The summed E-state index contributed by atoms with van der Waals surface area (Å²) in [4.78, 5) is 11.9. The van der Waals surface area contributed by atoms with Crippen molar-refractivity contribution in [2.45, 2.75) is 39.4 Å². The molecule has 1 fully saturated rings. The van der Waals surface area contributed by atoms with Gasteiger partial charge in [-0.1, -0.05) is 19.9 Å². The van der Waals surface area contributed by atoms with Crippen LogP contribution in [0.3, 0.4) is 0 Å². The number of pyridine rings is 1. The summed E-state index contributed by atoms with van der Waals surface area (Å²) in [5.74, 6) is 1.77. The highest BCUT2D eigenvalue weighted by molar-refractivity contribution is 5.80. The van der Waals surface area contributed by atoms with Gasteiger partial charge in [0.05, 0.1) is 11.4 Å². The summed E-state index contributed by atoms with van der Waals surface area (Å²) >= 11 is 0. The average Bonchev–Trinajstić information content (AvgIpc) is 3.05. The minimum Gasteiger partial charge on any atom is -0.354 e. The van der Waals surface area contributed by atoms with E-state index in [1.165, 1.54) is 12.0 Å². The predicted octanol–water partition coefficient (Wildman–Crippen LogP) is 2.00. The molecule has 0 aromatic carbocycles. The minimum absolute atomic E-state index is 0.0182. The Kier molecular flexibility index (Phi) is 4.78. The van der Waals surface area contributed by atoms with Gasteiger partial charge in [-0.25, -0.2) is 10.4 Å². The third-order valence-corrected chi connectivity index (χ3v) is 5.06. The van der Waals surface area contributed by atoms with Gasteiger partial charge in [0.25, 0.3) is 0 Å². The van der Waals surface area contributed by atoms with Crippen molar-refractivity contribution in [2.24, 2.45) is 10.9 Å². The number of anilines is 1. The quantitative estimate of drug-likeness (QED) is 0.774. The van der Waals surface area contributed by atoms with E-state index in [0.717, 1.165) is 42.4 Å². The molecule has 26 heavy (non-hydrogen) atoms. The molecule has 0 radical (unpaired) electrons. The molecule has 0 saturated carbocycles. The largest absolute Gasteiger partial charge is 0.354 e. The highest BCUT2D eigenvalue weighted by Crippen LogP contribution is 2.27. The van der Waals surface area contributed by atoms with Crippen molar-refractivity contribution in [3.63, 3.8) is 0 Å². The van der Waals surface area contributed by atoms with Crippen LogP contribution < -0.4 is 21.1 Å². The minimum atomic E-state index is -0.0182. The molecule has 0 bridgehead atoms. The average molecular weight is 352 g/mol. The molecule has 4 rings (SSSR count). The number of hydrazine groups is 1. The molecule has 1 aromatic heterocycles. The molecule has 6 heteroatoms. The number of hydrogen-bond acceptors (Lipinski definition) is 6. The molecule has 3 aliphatic rings. The van der Waals surface area contributed by atoms with Gasteiger partial charge in [0, 0.05) is 37.5 Å². The smallest absolute Gasteiger partial charge is 0.143 e. The number of aryl methyl sites for hydroxylation is 1. The number of hydrogen-bond donors (Lipinski definition) is 3. The van der Waals surface area contributed by atoms with Crippen molar-refractivity contribution in [3.8, 4) is 0 Å². The zero-order valence-electron chi connectivity index (χ0n) is 15.8. The summed E-state index contributed by atoms with van der Waals surface area (Å²) in [6, 6.07) is 4.87. The van der Waals surface area contributed by atoms with Gasteiger partial charge in [0.2, 0.25) is 0 Å². The lowest BCUT2D eigenvalue weighted by molar-refractivity contribution is 0.387. The number of rotatable bonds is 4. The number of aromatic nitrogens is 1. The van der Waals surface area contributed by atoms with E-state index < -0.39 is 0 Å². The molecule has 2 atom stereocenters. The van der Waals surface area contributed by atoms with E-state index in [9.17, 15) is 0 Å². The molecule has 4 heterocycles. The Hall–Kier alpha value is -2.18. The van der Waals surface area contributed by atoms with E-state index >= 15 is 0 Å². The van der Waals surface area contributed by atoms with Crippen LogP contribution in [0.2, 0.25) is 0 Å². The van der Waals surface area contributed by atoms with E-state index in [1.807, 2.05) is 12.3 Å². The standard InChI is InChI=1S/C20H28N6/c1-13(2)9-15-12-26(8-7-21-15)18-11-14(3)10-17(23-18)19-16-5-4-6-22-20(16)25-24-19/h4-6,10-11,13,15,20-21,24-25H,7-9,12H2,1-3H3/t15-,20?/m0/s1. The molecule has 1 aromatic rings. The van der Waals surface area contributed by atoms with E-state index in [2.05, 4.69) is 65.0 Å². The fourth-order valence-electron chi connectivity index (χ4n) is 3.91. The maximum Gasteiger partial charge on any atom is 0.143 e. The van der Waals surface area contributed by atoms with E-state index in [4.69, 9.17) is 4.98 Å². The topological polar surface area (TPSA) is 64.6 Å². The molecule has 138 valence electrons. The second-order valence-corrected chi connectivity index (χ2v) is 7.77. The third kappa shape index (κ3) is 3.52. The Morgan fingerprint density at radius 2 is 2.19 bits per heavy atom. The maximum atomic E-state index is 5.00. The van der Waals surface area contributed by atoms with Crippen LogP contribution in [0.1, 0.15) is 31.5 Å². The summed E-state index contributed by atoms with van der Waals surface area (Å²) in [5, 5.41) is 3.65. The van der Waals surface area contributed by atoms with E-state index in [0.29, 0.717) is 12.0 Å². The van der Waals surface area contributed by atoms with Crippen molar-refractivity contribution >= 4 is 17.7 Å². The molecular formula is C20H28N6. The molecule has 6 nitrogen and oxygen atoms in total. The first kappa shape index (κ1) is 17.2. The first-order valence-corrected chi connectivity index (χ1v) is 9.53. The van der Waals surface area contributed by atoms with Crippen molar-refractivity contribution in [1.82, 2.24) is 21.2 Å². The number of nitrogens with one attached hydrogen (secondary N) is 3. The Bertz CT molecular complexity index is 764. The summed E-state index contributed by atoms with van der Waals surface area (Å²) in [7, 11) is 0. The SMILES string of the molecule is Cc1cc(C2=C3C=CC=NC3NN2)nc(N2CCN[C@@H](CC(C)C)C2)c1. The summed E-state index contributed by atoms with van der Waals surface area (Å²) in [5.41, 5.74) is 10.9. The van der Waals surface area contributed by atoms with Crippen LogP contribution in [0, 0.1) is 12.8 Å². The molecule has 3 N–H and O–H groups in total. The fraction of sp³-hybridized carbons (Fsp3) is 0.500. The number of allylic oxidation sites excluding steroid dienone is 1. The summed E-state index contributed by atoms with van der Waals surface area (Å²) in [6.45, 7) is 9.73. The molecule has 1 saturated heterocycles. The lowest BCUT2D eigenvalue weighted by Gasteiger charge is -2.35. The Balaban J connectivity index is 1.61. The zero-order chi connectivity index (χ0) is 18.1. The van der Waals surface area contributed by atoms with Crippen LogP contribution in [0.4, 0.5) is 5.82 Å². The van der Waals surface area contributed by atoms with Crippen LogP contribution in [0.5, 0.6) is 0 Å². The highest BCUT2D eigenvalue weighted by atomic mass is 15.4. The zero-order valence-corrected chi connectivity index (χ0v) is 15.8. The van der Waals surface area contributed by atoms with Gasteiger partial charge in [-0.05, 0) is 43.0 Å². The predicted molar refractivity (Wildman–Crippen MR) is 107 cm³/mol. The Morgan fingerprint density at radius 1 is 1.31 bits per heavy atom. The molecule has 0 spiro atoms. The van der Waals surface area contributed by atoms with Crippen LogP contribution in [0.15, 0.2) is 34.9 Å².